The molecule has 0 amide bonds. The topological polar surface area (TPSA) is 57.2 Å². The van der Waals surface area contributed by atoms with Crippen LogP contribution in [-0.4, -0.2) is 64.5 Å². The summed E-state index contributed by atoms with van der Waals surface area (Å²) in [4.78, 5) is 15.6. The maximum atomic E-state index is 13.0. The Morgan fingerprint density at radius 1 is 1.05 bits per heavy atom. The molecule has 0 unspecified atom stereocenters. The number of carbonyl (C=O) groups is 1. The van der Waals surface area contributed by atoms with Crippen LogP contribution in [0.4, 0.5) is 0 Å². The lowest BCUT2D eigenvalue weighted by Crippen LogP contribution is -2.60. The Bertz CT molecular complexity index is 848. The molecule has 230 valence electrons. The normalized spacial score (nSPS) is 21.0. The number of nitrogens with zero attached hydrogens (tertiary/aromatic N) is 1. The van der Waals surface area contributed by atoms with Gasteiger partial charge in [0.2, 0.25) is 0 Å². The highest BCUT2D eigenvalue weighted by Gasteiger charge is 2.47. The van der Waals surface area contributed by atoms with Crippen LogP contribution in [0, 0.1) is 5.41 Å². The highest BCUT2D eigenvalue weighted by Crippen LogP contribution is 2.43. The van der Waals surface area contributed by atoms with Crippen molar-refractivity contribution < 1.29 is 23.4 Å². The molecule has 2 atom stereocenters. The molecule has 0 aromatic heterocycles. The van der Waals surface area contributed by atoms with Gasteiger partial charge < -0.3 is 18.6 Å². The summed E-state index contributed by atoms with van der Waals surface area (Å²) >= 11 is 0. The van der Waals surface area contributed by atoms with Gasteiger partial charge in [0.1, 0.15) is 13.4 Å². The largest absolute Gasteiger partial charge is 0.463 e. The molecule has 0 aliphatic carbocycles. The quantitative estimate of drug-likeness (QED) is 0.0860. The number of methoxy groups -OCH3 is 1. The van der Waals surface area contributed by atoms with Gasteiger partial charge in [-0.1, -0.05) is 71.9 Å². The lowest BCUT2D eigenvalue weighted by Gasteiger charge is -2.51. The molecule has 1 saturated heterocycles. The van der Waals surface area contributed by atoms with Crippen molar-refractivity contribution in [3.05, 3.63) is 35.9 Å². The summed E-state index contributed by atoms with van der Waals surface area (Å²) < 4.78 is 24.2. The van der Waals surface area contributed by atoms with Crippen molar-refractivity contribution in [3.63, 3.8) is 0 Å². The summed E-state index contributed by atoms with van der Waals surface area (Å²) in [6.07, 6.45) is 4.95. The summed E-state index contributed by atoms with van der Waals surface area (Å²) in [7, 11) is -0.286. The minimum Gasteiger partial charge on any atom is -0.463 e. The van der Waals surface area contributed by atoms with E-state index in [9.17, 15) is 4.79 Å². The molecule has 0 N–H and O–H groups in total. The number of hydrogen-bond donors (Lipinski definition) is 0. The van der Waals surface area contributed by atoms with Gasteiger partial charge in [-0.25, -0.2) is 0 Å². The van der Waals surface area contributed by atoms with E-state index in [1.54, 1.807) is 7.11 Å². The number of hydrogen-bond acceptors (Lipinski definition) is 6. The summed E-state index contributed by atoms with van der Waals surface area (Å²) in [5, 5.41) is 0. The summed E-state index contributed by atoms with van der Waals surface area (Å²) in [6, 6.07) is 10.8. The molecule has 1 aromatic rings. The monoisotopic (exact) mass is 577 g/mol. The van der Waals surface area contributed by atoms with Crippen molar-refractivity contribution in [2.45, 2.75) is 129 Å². The number of carbonyl (C=O) groups excluding carboxylic acids is 1. The number of piperidine rings is 1. The summed E-state index contributed by atoms with van der Waals surface area (Å²) in [6.45, 7) is 22.6. The second-order valence-corrected chi connectivity index (χ2v) is 19.2. The van der Waals surface area contributed by atoms with Crippen molar-refractivity contribution in [2.75, 3.05) is 33.7 Å². The van der Waals surface area contributed by atoms with E-state index in [1.807, 2.05) is 20.8 Å². The SMILES string of the molecule is COCOC[C@H]1CCC[C@@](CCCO[Si](C(C)C)(C(C)C)C(C)C)(COC(=O)C(C)(C)C)N1Cc1ccccc1. The van der Waals surface area contributed by atoms with Gasteiger partial charge in [-0.3, -0.25) is 9.69 Å². The number of rotatable bonds is 16. The minimum absolute atomic E-state index is 0.147. The number of benzene rings is 1. The molecule has 1 fully saturated rings. The van der Waals surface area contributed by atoms with Gasteiger partial charge in [-0.15, -0.1) is 0 Å². The van der Waals surface area contributed by atoms with Crippen LogP contribution >= 0.6 is 0 Å². The molecule has 1 aliphatic heterocycles. The van der Waals surface area contributed by atoms with E-state index in [0.717, 1.165) is 45.3 Å². The first-order valence-corrected chi connectivity index (χ1v) is 17.6. The maximum absolute atomic E-state index is 13.0. The predicted molar refractivity (Wildman–Crippen MR) is 167 cm³/mol. The fraction of sp³-hybridized carbons (Fsp3) is 0.788. The van der Waals surface area contributed by atoms with Gasteiger partial charge in [-0.05, 0) is 75.1 Å². The molecule has 2 rings (SSSR count). The Balaban J connectivity index is 2.36. The number of esters is 1. The van der Waals surface area contributed by atoms with Gasteiger partial charge in [0.05, 0.1) is 17.6 Å². The second-order valence-electron chi connectivity index (χ2n) is 13.8. The van der Waals surface area contributed by atoms with Gasteiger partial charge in [0, 0.05) is 26.3 Å². The van der Waals surface area contributed by atoms with Gasteiger partial charge >= 0.3 is 5.97 Å². The van der Waals surface area contributed by atoms with E-state index in [0.29, 0.717) is 29.8 Å². The third kappa shape index (κ3) is 9.12. The predicted octanol–water partition coefficient (Wildman–Crippen LogP) is 7.96. The van der Waals surface area contributed by atoms with Crippen LogP contribution in [0.1, 0.15) is 100.0 Å². The van der Waals surface area contributed by atoms with Gasteiger partial charge in [0.15, 0.2) is 8.32 Å². The Kier molecular flexibility index (Phi) is 13.8. The zero-order valence-electron chi connectivity index (χ0n) is 27.3. The summed E-state index contributed by atoms with van der Waals surface area (Å²) in [5.41, 5.74) is 2.11. The maximum Gasteiger partial charge on any atom is 0.311 e. The molecular formula is C33H59NO5Si. The lowest BCUT2D eigenvalue weighted by atomic mass is 9.80. The van der Waals surface area contributed by atoms with Crippen molar-refractivity contribution in [1.29, 1.82) is 0 Å². The third-order valence-corrected chi connectivity index (χ3v) is 15.0. The standard InChI is InChI=1S/C33H59NO5Si/c1-26(2)40(27(3)4,28(5)6)39-21-15-20-33(24-38-31(35)32(7,8)9)19-14-18-30(23-37-25-36-10)34(33)22-29-16-12-11-13-17-29/h11-13,16-17,26-28,30H,14-15,18-25H2,1-10H3/t30-,33-/m1/s1. The van der Waals surface area contributed by atoms with Gasteiger partial charge in [0.25, 0.3) is 0 Å². The molecule has 0 spiro atoms. The molecule has 40 heavy (non-hydrogen) atoms. The average Bonchev–Trinajstić information content (AvgIpc) is 2.88. The van der Waals surface area contributed by atoms with E-state index in [4.69, 9.17) is 18.6 Å². The molecule has 1 heterocycles. The van der Waals surface area contributed by atoms with Crippen LogP contribution in [-0.2, 0) is 30.0 Å². The molecule has 1 aliphatic rings. The molecule has 1 aromatic carbocycles. The Labute approximate surface area is 246 Å². The van der Waals surface area contributed by atoms with Crippen LogP contribution < -0.4 is 0 Å². The van der Waals surface area contributed by atoms with Crippen molar-refractivity contribution in [3.8, 4) is 0 Å². The van der Waals surface area contributed by atoms with Gasteiger partial charge in [-0.2, -0.15) is 0 Å². The van der Waals surface area contributed by atoms with E-state index >= 15 is 0 Å². The van der Waals surface area contributed by atoms with E-state index in [1.165, 1.54) is 5.56 Å². The van der Waals surface area contributed by atoms with E-state index < -0.39 is 13.7 Å². The van der Waals surface area contributed by atoms with Crippen LogP contribution in [0.25, 0.3) is 0 Å². The van der Waals surface area contributed by atoms with E-state index in [-0.39, 0.29) is 24.3 Å². The highest BCUT2D eigenvalue weighted by molar-refractivity contribution is 6.77. The van der Waals surface area contributed by atoms with Crippen molar-refractivity contribution in [1.82, 2.24) is 4.90 Å². The first-order valence-electron chi connectivity index (χ1n) is 15.5. The molecule has 0 saturated carbocycles. The van der Waals surface area contributed by atoms with Crippen molar-refractivity contribution in [2.24, 2.45) is 5.41 Å². The Morgan fingerprint density at radius 3 is 2.23 bits per heavy atom. The number of likely N-dealkylation sites (tertiary alicyclic amines) is 1. The first kappa shape index (κ1) is 34.9. The highest BCUT2D eigenvalue weighted by atomic mass is 28.4. The van der Waals surface area contributed by atoms with Crippen LogP contribution in [0.15, 0.2) is 30.3 Å². The first-order chi connectivity index (χ1) is 18.8. The van der Waals surface area contributed by atoms with Crippen LogP contribution in [0.5, 0.6) is 0 Å². The smallest absolute Gasteiger partial charge is 0.311 e. The van der Waals surface area contributed by atoms with E-state index in [2.05, 4.69) is 76.8 Å². The van der Waals surface area contributed by atoms with Crippen LogP contribution in [0.3, 0.4) is 0 Å². The zero-order valence-corrected chi connectivity index (χ0v) is 28.3. The second kappa shape index (κ2) is 15.8. The molecule has 0 radical (unpaired) electrons. The van der Waals surface area contributed by atoms with Crippen molar-refractivity contribution >= 4 is 14.3 Å². The fourth-order valence-electron chi connectivity index (χ4n) is 6.93. The Hall–Kier alpha value is -1.25. The van der Waals surface area contributed by atoms with Crippen LogP contribution in [0.2, 0.25) is 16.6 Å². The molecule has 0 bridgehead atoms. The minimum atomic E-state index is -1.95. The molecular weight excluding hydrogens is 518 g/mol. The molecule has 7 heteroatoms. The third-order valence-electron chi connectivity index (χ3n) is 8.87. The Morgan fingerprint density at radius 2 is 1.68 bits per heavy atom. The fourth-order valence-corrected chi connectivity index (χ4v) is 12.4. The lowest BCUT2D eigenvalue weighted by molar-refractivity contribution is -0.163. The average molecular weight is 578 g/mol. The number of ether oxygens (including phenoxy) is 3. The zero-order chi connectivity index (χ0) is 30.0. The summed E-state index contributed by atoms with van der Waals surface area (Å²) in [5.74, 6) is -0.147. The molecule has 6 nitrogen and oxygen atoms in total.